The Bertz CT molecular complexity index is 388. The largest absolute Gasteiger partial charge is 0.464 e. The molecule has 1 saturated heterocycles. The summed E-state index contributed by atoms with van der Waals surface area (Å²) in [6, 6.07) is 0. The molecule has 6 heteroatoms. The summed E-state index contributed by atoms with van der Waals surface area (Å²) in [5.41, 5.74) is 0.367. The Labute approximate surface area is 104 Å². The van der Waals surface area contributed by atoms with Gasteiger partial charge >= 0.3 is 5.97 Å². The molecule has 17 heavy (non-hydrogen) atoms. The van der Waals surface area contributed by atoms with Gasteiger partial charge in [-0.2, -0.15) is 0 Å². The van der Waals surface area contributed by atoms with Gasteiger partial charge in [0.15, 0.2) is 10.8 Å². The van der Waals surface area contributed by atoms with Gasteiger partial charge in [-0.1, -0.05) is 0 Å². The lowest BCUT2D eigenvalue weighted by Crippen LogP contribution is -2.28. The highest BCUT2D eigenvalue weighted by Gasteiger charge is 2.20. The van der Waals surface area contributed by atoms with Gasteiger partial charge in [-0.3, -0.25) is 0 Å². The molecule has 0 aliphatic carbocycles. The minimum Gasteiger partial charge on any atom is -0.464 e. The molecule has 2 heterocycles. The van der Waals surface area contributed by atoms with E-state index < -0.39 is 5.97 Å². The zero-order valence-electron chi connectivity index (χ0n) is 10.0. The number of hydrogen-bond acceptors (Lipinski definition) is 6. The summed E-state index contributed by atoms with van der Waals surface area (Å²) in [5, 5.41) is 2.54. The average Bonchev–Trinajstić information content (AvgIpc) is 2.98. The van der Waals surface area contributed by atoms with E-state index in [1.807, 2.05) is 11.9 Å². The van der Waals surface area contributed by atoms with Crippen molar-refractivity contribution < 1.29 is 14.3 Å². The number of methoxy groups -OCH3 is 1. The third-order valence-electron chi connectivity index (χ3n) is 2.71. The van der Waals surface area contributed by atoms with Crippen LogP contribution < -0.4 is 4.90 Å². The van der Waals surface area contributed by atoms with E-state index in [1.54, 1.807) is 5.38 Å². The van der Waals surface area contributed by atoms with E-state index in [0.717, 1.165) is 31.1 Å². The number of nitrogens with zero attached hydrogens (tertiary/aromatic N) is 2. The number of hydrogen-bond donors (Lipinski definition) is 0. The van der Waals surface area contributed by atoms with Crippen molar-refractivity contribution in [1.82, 2.24) is 4.98 Å². The zero-order chi connectivity index (χ0) is 12.3. The van der Waals surface area contributed by atoms with E-state index >= 15 is 0 Å². The van der Waals surface area contributed by atoms with Crippen molar-refractivity contribution in [3.63, 3.8) is 0 Å². The Morgan fingerprint density at radius 2 is 2.59 bits per heavy atom. The molecule has 0 aromatic carbocycles. The first-order valence-electron chi connectivity index (χ1n) is 5.57. The normalized spacial score (nSPS) is 19.3. The molecule has 1 fully saturated rings. The van der Waals surface area contributed by atoms with Crippen molar-refractivity contribution in [3.8, 4) is 0 Å². The summed E-state index contributed by atoms with van der Waals surface area (Å²) in [4.78, 5) is 17.5. The molecule has 1 aromatic heterocycles. The molecule has 1 aliphatic rings. The second kappa shape index (κ2) is 5.46. The predicted octanol–water partition coefficient (Wildman–Crippen LogP) is 1.54. The molecule has 0 radical (unpaired) electrons. The van der Waals surface area contributed by atoms with Gasteiger partial charge in [0.1, 0.15) is 0 Å². The fraction of sp³-hybridized carbons (Fsp3) is 0.636. The van der Waals surface area contributed by atoms with Gasteiger partial charge in [0.05, 0.1) is 13.2 Å². The van der Waals surface area contributed by atoms with Crippen LogP contribution in [0.25, 0.3) is 0 Å². The molecule has 0 bridgehead atoms. The van der Waals surface area contributed by atoms with Crippen LogP contribution in [0.1, 0.15) is 23.3 Å². The summed E-state index contributed by atoms with van der Waals surface area (Å²) in [6.45, 7) is 1.66. The van der Waals surface area contributed by atoms with Crippen LogP contribution in [0.2, 0.25) is 0 Å². The lowest BCUT2D eigenvalue weighted by molar-refractivity contribution is 0.0595. The number of likely N-dealkylation sites (N-methyl/N-ethyl adjacent to an activating group) is 1. The number of anilines is 1. The fourth-order valence-corrected chi connectivity index (χ4v) is 2.58. The van der Waals surface area contributed by atoms with Gasteiger partial charge in [-0.05, 0) is 12.8 Å². The topological polar surface area (TPSA) is 51.7 Å². The van der Waals surface area contributed by atoms with Crippen LogP contribution >= 0.6 is 11.3 Å². The van der Waals surface area contributed by atoms with Gasteiger partial charge in [-0.15, -0.1) is 11.3 Å². The number of rotatable bonds is 4. The highest BCUT2D eigenvalue weighted by Crippen LogP contribution is 2.22. The third kappa shape index (κ3) is 2.95. The van der Waals surface area contributed by atoms with Crippen molar-refractivity contribution in [2.24, 2.45) is 0 Å². The predicted molar refractivity (Wildman–Crippen MR) is 65.7 cm³/mol. The Balaban J connectivity index is 1.96. The van der Waals surface area contributed by atoms with Gasteiger partial charge < -0.3 is 14.4 Å². The molecule has 1 unspecified atom stereocenters. The number of carbonyl (C=O) groups is 1. The van der Waals surface area contributed by atoms with Crippen LogP contribution in [-0.4, -0.2) is 44.4 Å². The van der Waals surface area contributed by atoms with Gasteiger partial charge in [0, 0.05) is 25.6 Å². The van der Waals surface area contributed by atoms with Crippen molar-refractivity contribution in [1.29, 1.82) is 0 Å². The minimum atomic E-state index is -0.391. The first-order valence-corrected chi connectivity index (χ1v) is 6.45. The highest BCUT2D eigenvalue weighted by molar-refractivity contribution is 7.13. The molecule has 1 aromatic rings. The van der Waals surface area contributed by atoms with Crippen molar-refractivity contribution in [2.45, 2.75) is 18.9 Å². The van der Waals surface area contributed by atoms with E-state index in [4.69, 9.17) is 4.74 Å². The molecule has 0 saturated carbocycles. The smallest absolute Gasteiger partial charge is 0.357 e. The van der Waals surface area contributed by atoms with Crippen molar-refractivity contribution >= 4 is 22.4 Å². The number of ether oxygens (including phenoxy) is 2. The first-order chi connectivity index (χ1) is 8.20. The Morgan fingerprint density at radius 3 is 3.24 bits per heavy atom. The number of aromatic nitrogens is 1. The lowest BCUT2D eigenvalue weighted by atomic mass is 10.2. The van der Waals surface area contributed by atoms with E-state index in [1.165, 1.54) is 18.4 Å². The van der Waals surface area contributed by atoms with E-state index in [0.29, 0.717) is 5.69 Å². The second-order valence-corrected chi connectivity index (χ2v) is 4.86. The maximum Gasteiger partial charge on any atom is 0.357 e. The first kappa shape index (κ1) is 12.3. The fourth-order valence-electron chi connectivity index (χ4n) is 1.81. The molecule has 0 amide bonds. The quantitative estimate of drug-likeness (QED) is 0.765. The SMILES string of the molecule is COC(=O)c1csc(N(C)CC2CCCO2)n1. The number of carbonyl (C=O) groups excluding carboxylic acids is 1. The van der Waals surface area contributed by atoms with Crippen LogP contribution in [0.4, 0.5) is 5.13 Å². The molecular weight excluding hydrogens is 240 g/mol. The van der Waals surface area contributed by atoms with Crippen molar-refractivity contribution in [2.75, 3.05) is 32.2 Å². The van der Waals surface area contributed by atoms with Crippen LogP contribution in [0.15, 0.2) is 5.38 Å². The Kier molecular flexibility index (Phi) is 3.96. The van der Waals surface area contributed by atoms with Gasteiger partial charge in [-0.25, -0.2) is 9.78 Å². The average molecular weight is 256 g/mol. The molecule has 1 aliphatic heterocycles. The Morgan fingerprint density at radius 1 is 1.76 bits per heavy atom. The van der Waals surface area contributed by atoms with Gasteiger partial charge in [0.2, 0.25) is 0 Å². The maximum atomic E-state index is 11.3. The van der Waals surface area contributed by atoms with Crippen LogP contribution in [0.3, 0.4) is 0 Å². The van der Waals surface area contributed by atoms with E-state index in [2.05, 4.69) is 9.72 Å². The van der Waals surface area contributed by atoms with Crippen molar-refractivity contribution in [3.05, 3.63) is 11.1 Å². The molecule has 0 N–H and O–H groups in total. The molecule has 94 valence electrons. The zero-order valence-corrected chi connectivity index (χ0v) is 10.8. The molecule has 5 nitrogen and oxygen atoms in total. The minimum absolute atomic E-state index is 0.283. The highest BCUT2D eigenvalue weighted by atomic mass is 32.1. The van der Waals surface area contributed by atoms with Crippen LogP contribution in [0, 0.1) is 0 Å². The summed E-state index contributed by atoms with van der Waals surface area (Å²) in [5.74, 6) is -0.391. The number of esters is 1. The summed E-state index contributed by atoms with van der Waals surface area (Å²) >= 11 is 1.44. The molecule has 0 spiro atoms. The molecule has 2 rings (SSSR count). The maximum absolute atomic E-state index is 11.3. The number of thiazole rings is 1. The summed E-state index contributed by atoms with van der Waals surface area (Å²) in [7, 11) is 3.32. The van der Waals surface area contributed by atoms with E-state index in [9.17, 15) is 4.79 Å². The Hall–Kier alpha value is -1.14. The van der Waals surface area contributed by atoms with Crippen LogP contribution in [-0.2, 0) is 9.47 Å². The van der Waals surface area contributed by atoms with E-state index in [-0.39, 0.29) is 6.10 Å². The standard InChI is InChI=1S/C11H16N2O3S/c1-13(6-8-4-3-5-16-8)11-12-9(7-17-11)10(14)15-2/h7-8H,3-6H2,1-2H3. The van der Waals surface area contributed by atoms with Crippen LogP contribution in [0.5, 0.6) is 0 Å². The second-order valence-electron chi connectivity index (χ2n) is 4.02. The monoisotopic (exact) mass is 256 g/mol. The third-order valence-corrected chi connectivity index (χ3v) is 3.67. The summed E-state index contributed by atoms with van der Waals surface area (Å²) < 4.78 is 10.2. The summed E-state index contributed by atoms with van der Waals surface area (Å²) in [6.07, 6.45) is 2.51. The molecular formula is C11H16N2O3S. The lowest BCUT2D eigenvalue weighted by Gasteiger charge is -2.19. The molecule has 1 atom stereocenters. The van der Waals surface area contributed by atoms with Gasteiger partial charge in [0.25, 0.3) is 0 Å².